The Morgan fingerprint density at radius 2 is 2.13 bits per heavy atom. The Kier molecular flexibility index (Phi) is 6.10. The Labute approximate surface area is 97.0 Å². The average Bonchev–Trinajstić information content (AvgIpc) is 2.75. The van der Waals surface area contributed by atoms with Gasteiger partial charge in [-0.1, -0.05) is 12.8 Å². The quantitative estimate of drug-likeness (QED) is 0.747. The number of nitrogens with zero attached hydrogens (tertiary/aromatic N) is 1. The number of hydrogen-bond acceptors (Lipinski definition) is 3. The molecule has 0 saturated heterocycles. The number of carbonyl (C=O) groups is 1. The molecule has 0 aromatic rings. The number of carbonyl (C=O) groups excluding carboxylic acids is 1. The predicted molar refractivity (Wildman–Crippen MR) is 66.3 cm³/mol. The standard InChI is InChI=1S/C11H22N2OS/c1-13(7-8-15-2)11(14)9-12-10-5-3-4-6-10/h10,12H,3-9H2,1-2H3. The summed E-state index contributed by atoms with van der Waals surface area (Å²) in [6.45, 7) is 1.36. The van der Waals surface area contributed by atoms with Crippen molar-refractivity contribution in [3.05, 3.63) is 0 Å². The molecule has 3 nitrogen and oxygen atoms in total. The zero-order chi connectivity index (χ0) is 11.1. The fourth-order valence-electron chi connectivity index (χ4n) is 1.85. The van der Waals surface area contributed by atoms with E-state index in [4.69, 9.17) is 0 Å². The van der Waals surface area contributed by atoms with E-state index in [9.17, 15) is 4.79 Å². The van der Waals surface area contributed by atoms with Crippen LogP contribution in [0.25, 0.3) is 0 Å². The van der Waals surface area contributed by atoms with Crippen LogP contribution >= 0.6 is 11.8 Å². The maximum Gasteiger partial charge on any atom is 0.236 e. The van der Waals surface area contributed by atoms with Crippen LogP contribution in [0.2, 0.25) is 0 Å². The highest BCUT2D eigenvalue weighted by atomic mass is 32.2. The average molecular weight is 230 g/mol. The van der Waals surface area contributed by atoms with Gasteiger partial charge < -0.3 is 10.2 Å². The van der Waals surface area contributed by atoms with E-state index in [-0.39, 0.29) is 5.91 Å². The molecule has 1 N–H and O–H groups in total. The molecule has 0 atom stereocenters. The second-order valence-electron chi connectivity index (χ2n) is 4.17. The van der Waals surface area contributed by atoms with E-state index in [0.29, 0.717) is 12.6 Å². The maximum atomic E-state index is 11.7. The van der Waals surface area contributed by atoms with Crippen molar-refractivity contribution in [1.29, 1.82) is 0 Å². The molecule has 1 fully saturated rings. The lowest BCUT2D eigenvalue weighted by Crippen LogP contribution is -2.39. The highest BCUT2D eigenvalue weighted by molar-refractivity contribution is 7.98. The van der Waals surface area contributed by atoms with E-state index in [1.807, 2.05) is 11.9 Å². The van der Waals surface area contributed by atoms with Crippen LogP contribution in [0.5, 0.6) is 0 Å². The van der Waals surface area contributed by atoms with Crippen molar-refractivity contribution >= 4 is 17.7 Å². The van der Waals surface area contributed by atoms with Gasteiger partial charge in [0, 0.05) is 25.4 Å². The van der Waals surface area contributed by atoms with Crippen LogP contribution < -0.4 is 5.32 Å². The van der Waals surface area contributed by atoms with Crippen LogP contribution in [0.1, 0.15) is 25.7 Å². The van der Waals surface area contributed by atoms with Crippen molar-refractivity contribution in [2.24, 2.45) is 0 Å². The van der Waals surface area contributed by atoms with E-state index >= 15 is 0 Å². The van der Waals surface area contributed by atoms with Gasteiger partial charge in [0.2, 0.25) is 5.91 Å². The molecule has 1 rings (SSSR count). The highest BCUT2D eigenvalue weighted by Crippen LogP contribution is 2.17. The van der Waals surface area contributed by atoms with Gasteiger partial charge in [-0.2, -0.15) is 11.8 Å². The smallest absolute Gasteiger partial charge is 0.236 e. The Bertz CT molecular complexity index is 193. The molecule has 0 radical (unpaired) electrons. The number of amides is 1. The second-order valence-corrected chi connectivity index (χ2v) is 5.16. The zero-order valence-electron chi connectivity index (χ0n) is 9.79. The summed E-state index contributed by atoms with van der Waals surface area (Å²) >= 11 is 1.78. The molecule has 88 valence electrons. The minimum Gasteiger partial charge on any atom is -0.344 e. The molecule has 0 aromatic heterocycles. The van der Waals surface area contributed by atoms with E-state index in [2.05, 4.69) is 11.6 Å². The summed E-state index contributed by atoms with van der Waals surface area (Å²) in [6, 6.07) is 0.586. The monoisotopic (exact) mass is 230 g/mol. The zero-order valence-corrected chi connectivity index (χ0v) is 10.6. The molecule has 0 bridgehead atoms. The molecular weight excluding hydrogens is 208 g/mol. The van der Waals surface area contributed by atoms with Crippen molar-refractivity contribution in [1.82, 2.24) is 10.2 Å². The Balaban J connectivity index is 2.11. The number of rotatable bonds is 6. The van der Waals surface area contributed by atoms with E-state index in [0.717, 1.165) is 12.3 Å². The van der Waals surface area contributed by atoms with Gasteiger partial charge in [0.15, 0.2) is 0 Å². The van der Waals surface area contributed by atoms with Gasteiger partial charge >= 0.3 is 0 Å². The summed E-state index contributed by atoms with van der Waals surface area (Å²) in [5.74, 6) is 1.24. The van der Waals surface area contributed by atoms with Crippen LogP contribution in [0, 0.1) is 0 Å². The first kappa shape index (κ1) is 12.8. The lowest BCUT2D eigenvalue weighted by atomic mass is 10.2. The fourth-order valence-corrected chi connectivity index (χ4v) is 2.31. The lowest BCUT2D eigenvalue weighted by molar-refractivity contribution is -0.128. The van der Waals surface area contributed by atoms with Gasteiger partial charge in [-0.15, -0.1) is 0 Å². The third-order valence-electron chi connectivity index (χ3n) is 2.95. The van der Waals surface area contributed by atoms with Crippen LogP contribution in [0.3, 0.4) is 0 Å². The molecule has 0 aliphatic heterocycles. The number of nitrogens with one attached hydrogen (secondary N) is 1. The van der Waals surface area contributed by atoms with Crippen molar-refractivity contribution in [2.45, 2.75) is 31.7 Å². The Morgan fingerprint density at radius 1 is 1.47 bits per heavy atom. The van der Waals surface area contributed by atoms with Crippen molar-refractivity contribution in [2.75, 3.05) is 32.1 Å². The molecule has 0 spiro atoms. The predicted octanol–water partition coefficient (Wildman–Crippen LogP) is 1.34. The largest absolute Gasteiger partial charge is 0.344 e. The number of hydrogen-bond donors (Lipinski definition) is 1. The summed E-state index contributed by atoms with van der Waals surface area (Å²) in [4.78, 5) is 13.5. The van der Waals surface area contributed by atoms with Crippen LogP contribution in [0.15, 0.2) is 0 Å². The summed E-state index contributed by atoms with van der Waals surface area (Å²) in [5, 5.41) is 3.34. The fraction of sp³-hybridized carbons (Fsp3) is 0.909. The van der Waals surface area contributed by atoms with Gasteiger partial charge in [0.05, 0.1) is 6.54 Å². The normalized spacial score (nSPS) is 16.9. The van der Waals surface area contributed by atoms with E-state index < -0.39 is 0 Å². The first-order valence-corrected chi connectivity index (χ1v) is 7.09. The number of likely N-dealkylation sites (N-methyl/N-ethyl adjacent to an activating group) is 1. The molecule has 1 aliphatic carbocycles. The summed E-state index contributed by atoms with van der Waals surface area (Å²) in [6.07, 6.45) is 7.17. The first-order chi connectivity index (χ1) is 7.24. The van der Waals surface area contributed by atoms with Gasteiger partial charge in [-0.25, -0.2) is 0 Å². The van der Waals surface area contributed by atoms with Gasteiger partial charge in [0.25, 0.3) is 0 Å². The lowest BCUT2D eigenvalue weighted by Gasteiger charge is -2.18. The summed E-state index contributed by atoms with van der Waals surface area (Å²) in [5.41, 5.74) is 0. The second kappa shape index (κ2) is 7.12. The van der Waals surface area contributed by atoms with Crippen LogP contribution in [-0.2, 0) is 4.79 Å². The van der Waals surface area contributed by atoms with E-state index in [1.54, 1.807) is 11.8 Å². The molecule has 0 unspecified atom stereocenters. The molecule has 1 amide bonds. The minimum absolute atomic E-state index is 0.218. The molecule has 1 saturated carbocycles. The third kappa shape index (κ3) is 4.89. The molecular formula is C11H22N2OS. The summed E-state index contributed by atoms with van der Waals surface area (Å²) in [7, 11) is 1.88. The van der Waals surface area contributed by atoms with Crippen LogP contribution in [0.4, 0.5) is 0 Å². The number of thioether (sulfide) groups is 1. The Hall–Kier alpha value is -0.220. The van der Waals surface area contributed by atoms with Gasteiger partial charge in [0.1, 0.15) is 0 Å². The molecule has 0 aromatic carbocycles. The first-order valence-electron chi connectivity index (χ1n) is 5.70. The Morgan fingerprint density at radius 3 is 2.73 bits per heavy atom. The van der Waals surface area contributed by atoms with Gasteiger partial charge in [-0.3, -0.25) is 4.79 Å². The SMILES string of the molecule is CSCCN(C)C(=O)CNC1CCCC1. The molecule has 0 heterocycles. The van der Waals surface area contributed by atoms with Gasteiger partial charge in [-0.05, 0) is 19.1 Å². The van der Waals surface area contributed by atoms with Crippen LogP contribution in [-0.4, -0.2) is 49.0 Å². The summed E-state index contributed by atoms with van der Waals surface area (Å²) < 4.78 is 0. The van der Waals surface area contributed by atoms with Crippen molar-refractivity contribution < 1.29 is 4.79 Å². The van der Waals surface area contributed by atoms with Crippen molar-refractivity contribution in [3.63, 3.8) is 0 Å². The molecule has 4 heteroatoms. The maximum absolute atomic E-state index is 11.7. The third-order valence-corrected chi connectivity index (χ3v) is 3.54. The highest BCUT2D eigenvalue weighted by Gasteiger charge is 2.16. The topological polar surface area (TPSA) is 32.3 Å². The van der Waals surface area contributed by atoms with E-state index in [1.165, 1.54) is 25.7 Å². The molecule has 1 aliphatic rings. The van der Waals surface area contributed by atoms with Crippen molar-refractivity contribution in [3.8, 4) is 0 Å². The molecule has 15 heavy (non-hydrogen) atoms. The minimum atomic E-state index is 0.218.